The number of rotatable bonds is 4. The zero-order valence-corrected chi connectivity index (χ0v) is 10.0. The standard InChI is InChI=1S/C11H13N5O2/c1-6(10-13-5-14-16-10)15-11(18)9-3-8(4-12-9)7(2)17/h3-6,12H,1-2H3,(H,15,18)(H,13,14,16). The molecule has 0 aliphatic rings. The minimum atomic E-state index is -0.300. The quantitative estimate of drug-likeness (QED) is 0.696. The van der Waals surface area contributed by atoms with E-state index in [-0.39, 0.29) is 17.7 Å². The predicted molar refractivity (Wildman–Crippen MR) is 63.1 cm³/mol. The molecular weight excluding hydrogens is 234 g/mol. The fraction of sp³-hybridized carbons (Fsp3) is 0.273. The Morgan fingerprint density at radius 3 is 2.78 bits per heavy atom. The summed E-state index contributed by atoms with van der Waals surface area (Å²) in [7, 11) is 0. The van der Waals surface area contributed by atoms with Crippen LogP contribution in [-0.4, -0.2) is 31.9 Å². The van der Waals surface area contributed by atoms with Crippen molar-refractivity contribution in [3.05, 3.63) is 35.7 Å². The van der Waals surface area contributed by atoms with Crippen molar-refractivity contribution in [2.75, 3.05) is 0 Å². The van der Waals surface area contributed by atoms with Gasteiger partial charge in [-0.05, 0) is 19.9 Å². The van der Waals surface area contributed by atoms with E-state index in [1.165, 1.54) is 25.5 Å². The van der Waals surface area contributed by atoms with Gasteiger partial charge >= 0.3 is 0 Å². The molecule has 7 nitrogen and oxygen atoms in total. The second-order valence-electron chi connectivity index (χ2n) is 3.92. The van der Waals surface area contributed by atoms with Crippen LogP contribution in [0.5, 0.6) is 0 Å². The highest BCUT2D eigenvalue weighted by Gasteiger charge is 2.15. The first-order valence-electron chi connectivity index (χ1n) is 5.43. The fourth-order valence-electron chi connectivity index (χ4n) is 1.50. The topological polar surface area (TPSA) is 104 Å². The van der Waals surface area contributed by atoms with Crippen LogP contribution < -0.4 is 5.32 Å². The van der Waals surface area contributed by atoms with Gasteiger partial charge in [0, 0.05) is 11.8 Å². The van der Waals surface area contributed by atoms with Crippen LogP contribution in [0.2, 0.25) is 0 Å². The van der Waals surface area contributed by atoms with Gasteiger partial charge in [0.1, 0.15) is 17.8 Å². The van der Waals surface area contributed by atoms with E-state index in [0.29, 0.717) is 17.1 Å². The Balaban J connectivity index is 2.05. The van der Waals surface area contributed by atoms with Crippen LogP contribution in [0.3, 0.4) is 0 Å². The highest BCUT2D eigenvalue weighted by atomic mass is 16.2. The molecule has 1 atom stereocenters. The lowest BCUT2D eigenvalue weighted by molar-refractivity contribution is 0.0933. The molecule has 2 aromatic heterocycles. The lowest BCUT2D eigenvalue weighted by Crippen LogP contribution is -2.27. The lowest BCUT2D eigenvalue weighted by atomic mass is 10.2. The van der Waals surface area contributed by atoms with Crippen molar-refractivity contribution in [1.82, 2.24) is 25.5 Å². The van der Waals surface area contributed by atoms with Crippen LogP contribution in [0.15, 0.2) is 18.6 Å². The van der Waals surface area contributed by atoms with Crippen molar-refractivity contribution in [3.63, 3.8) is 0 Å². The minimum Gasteiger partial charge on any atom is -0.356 e. The number of amides is 1. The van der Waals surface area contributed by atoms with Crippen LogP contribution in [0, 0.1) is 0 Å². The summed E-state index contributed by atoms with van der Waals surface area (Å²) in [6, 6.07) is 1.23. The van der Waals surface area contributed by atoms with E-state index in [9.17, 15) is 9.59 Å². The lowest BCUT2D eigenvalue weighted by Gasteiger charge is -2.09. The molecule has 0 aromatic carbocycles. The van der Waals surface area contributed by atoms with Gasteiger partial charge in [-0.2, -0.15) is 5.10 Å². The normalized spacial score (nSPS) is 12.1. The van der Waals surface area contributed by atoms with Crippen molar-refractivity contribution >= 4 is 11.7 Å². The number of carbonyl (C=O) groups excluding carboxylic acids is 2. The van der Waals surface area contributed by atoms with E-state index in [4.69, 9.17) is 0 Å². The summed E-state index contributed by atoms with van der Waals surface area (Å²) in [6.07, 6.45) is 2.89. The number of hydrogen-bond donors (Lipinski definition) is 3. The maximum Gasteiger partial charge on any atom is 0.268 e. The molecule has 94 valence electrons. The second-order valence-corrected chi connectivity index (χ2v) is 3.92. The Morgan fingerprint density at radius 1 is 1.44 bits per heavy atom. The molecule has 0 fully saturated rings. The minimum absolute atomic E-state index is 0.0893. The fourth-order valence-corrected chi connectivity index (χ4v) is 1.50. The number of aromatic amines is 2. The number of hydrogen-bond acceptors (Lipinski definition) is 4. The van der Waals surface area contributed by atoms with Gasteiger partial charge in [0.05, 0.1) is 6.04 Å². The van der Waals surface area contributed by atoms with Gasteiger partial charge in [0.25, 0.3) is 5.91 Å². The van der Waals surface area contributed by atoms with Crippen LogP contribution in [0.4, 0.5) is 0 Å². The van der Waals surface area contributed by atoms with Gasteiger partial charge in [-0.15, -0.1) is 0 Å². The molecule has 2 aromatic rings. The Hall–Kier alpha value is -2.44. The van der Waals surface area contributed by atoms with Crippen molar-refractivity contribution in [2.45, 2.75) is 19.9 Å². The monoisotopic (exact) mass is 247 g/mol. The molecule has 0 aliphatic heterocycles. The molecule has 0 bridgehead atoms. The van der Waals surface area contributed by atoms with Crippen molar-refractivity contribution < 1.29 is 9.59 Å². The first-order chi connectivity index (χ1) is 8.58. The van der Waals surface area contributed by atoms with E-state index >= 15 is 0 Å². The second kappa shape index (κ2) is 4.82. The summed E-state index contributed by atoms with van der Waals surface area (Å²) in [5.41, 5.74) is 0.819. The summed E-state index contributed by atoms with van der Waals surface area (Å²) in [4.78, 5) is 29.7. The zero-order valence-electron chi connectivity index (χ0n) is 10.0. The maximum absolute atomic E-state index is 11.9. The van der Waals surface area contributed by atoms with Gasteiger partial charge < -0.3 is 10.3 Å². The third kappa shape index (κ3) is 2.45. The molecule has 18 heavy (non-hydrogen) atoms. The smallest absolute Gasteiger partial charge is 0.268 e. The maximum atomic E-state index is 11.9. The average molecular weight is 247 g/mol. The van der Waals surface area contributed by atoms with Crippen molar-refractivity contribution in [3.8, 4) is 0 Å². The van der Waals surface area contributed by atoms with E-state index in [1.807, 2.05) is 0 Å². The van der Waals surface area contributed by atoms with Gasteiger partial charge in [0.15, 0.2) is 5.78 Å². The number of nitrogens with one attached hydrogen (secondary N) is 3. The van der Waals surface area contributed by atoms with E-state index < -0.39 is 0 Å². The average Bonchev–Trinajstić information content (AvgIpc) is 3.00. The number of nitrogens with zero attached hydrogens (tertiary/aromatic N) is 2. The molecule has 2 rings (SSSR count). The molecule has 7 heteroatoms. The molecule has 1 unspecified atom stereocenters. The zero-order chi connectivity index (χ0) is 13.1. The number of Topliss-reactive ketones (excluding diaryl/α,β-unsaturated/α-hetero) is 1. The largest absolute Gasteiger partial charge is 0.356 e. The van der Waals surface area contributed by atoms with Crippen LogP contribution in [-0.2, 0) is 0 Å². The summed E-state index contributed by atoms with van der Waals surface area (Å²) in [5.74, 6) is 0.182. The Labute approximate surface area is 103 Å². The molecule has 3 N–H and O–H groups in total. The number of aromatic nitrogens is 4. The third-order valence-corrected chi connectivity index (χ3v) is 2.53. The Morgan fingerprint density at radius 2 is 2.22 bits per heavy atom. The highest BCUT2D eigenvalue weighted by Crippen LogP contribution is 2.08. The third-order valence-electron chi connectivity index (χ3n) is 2.53. The van der Waals surface area contributed by atoms with Crippen molar-refractivity contribution in [2.24, 2.45) is 0 Å². The first-order valence-corrected chi connectivity index (χ1v) is 5.43. The van der Waals surface area contributed by atoms with Crippen molar-refractivity contribution in [1.29, 1.82) is 0 Å². The molecular formula is C11H13N5O2. The summed E-state index contributed by atoms with van der Waals surface area (Å²) >= 11 is 0. The molecule has 0 aliphatic carbocycles. The van der Waals surface area contributed by atoms with Crippen LogP contribution in [0.1, 0.15) is 46.6 Å². The molecule has 2 heterocycles. The molecule has 0 spiro atoms. The highest BCUT2D eigenvalue weighted by molar-refractivity contribution is 5.99. The molecule has 0 saturated heterocycles. The Kier molecular flexibility index (Phi) is 3.22. The first kappa shape index (κ1) is 12.0. The van der Waals surface area contributed by atoms with Gasteiger partial charge in [-0.1, -0.05) is 0 Å². The number of ketones is 1. The van der Waals surface area contributed by atoms with Gasteiger partial charge in [0.2, 0.25) is 0 Å². The molecule has 0 saturated carbocycles. The summed E-state index contributed by atoms with van der Waals surface area (Å²) in [5, 5.41) is 9.12. The van der Waals surface area contributed by atoms with Gasteiger partial charge in [-0.25, -0.2) is 4.98 Å². The summed E-state index contributed by atoms with van der Waals surface area (Å²) in [6.45, 7) is 3.23. The van der Waals surface area contributed by atoms with Crippen LogP contribution >= 0.6 is 0 Å². The number of carbonyl (C=O) groups is 2. The predicted octanol–water partition coefficient (Wildman–Crippen LogP) is 0.826. The number of H-pyrrole nitrogens is 2. The Bertz CT molecular complexity index is 558. The van der Waals surface area contributed by atoms with Crippen LogP contribution in [0.25, 0.3) is 0 Å². The molecule has 1 amide bonds. The van der Waals surface area contributed by atoms with E-state index in [0.717, 1.165) is 0 Å². The van der Waals surface area contributed by atoms with E-state index in [2.05, 4.69) is 25.5 Å². The van der Waals surface area contributed by atoms with E-state index in [1.54, 1.807) is 6.92 Å². The molecule has 0 radical (unpaired) electrons. The summed E-state index contributed by atoms with van der Waals surface area (Å²) < 4.78 is 0. The SMILES string of the molecule is CC(=O)c1c[nH]c(C(=O)NC(C)c2ncn[nH]2)c1. The van der Waals surface area contributed by atoms with Gasteiger partial charge in [-0.3, -0.25) is 14.7 Å².